The highest BCUT2D eigenvalue weighted by Gasteiger charge is 2.10. The van der Waals surface area contributed by atoms with Gasteiger partial charge in [0.05, 0.1) is 13.2 Å². The topological polar surface area (TPSA) is 27.7 Å². The summed E-state index contributed by atoms with van der Waals surface area (Å²) in [5, 5.41) is 0. The predicted octanol–water partition coefficient (Wildman–Crippen LogP) is 2.88. The number of hydrogen-bond acceptors (Lipinski definition) is 3. The molecule has 0 rings (SSSR count). The third-order valence-corrected chi connectivity index (χ3v) is 2.89. The van der Waals surface area contributed by atoms with E-state index in [1.165, 1.54) is 25.7 Å². The Hall–Kier alpha value is -0.120. The van der Waals surface area contributed by atoms with Gasteiger partial charge < -0.3 is 14.2 Å². The van der Waals surface area contributed by atoms with E-state index in [1.54, 1.807) is 14.2 Å². The first kappa shape index (κ1) is 15.9. The van der Waals surface area contributed by atoms with Crippen LogP contribution in [0.5, 0.6) is 0 Å². The van der Waals surface area contributed by atoms with Gasteiger partial charge in [0.2, 0.25) is 0 Å². The summed E-state index contributed by atoms with van der Waals surface area (Å²) in [6, 6.07) is 0. The van der Waals surface area contributed by atoms with Gasteiger partial charge in [0.15, 0.2) is 0 Å². The molecule has 0 spiro atoms. The Labute approximate surface area is 100 Å². The second kappa shape index (κ2) is 11.4. The molecule has 0 saturated heterocycles. The third kappa shape index (κ3) is 8.08. The minimum atomic E-state index is 0.0636. The van der Waals surface area contributed by atoms with E-state index in [-0.39, 0.29) is 6.10 Å². The summed E-state index contributed by atoms with van der Waals surface area (Å²) in [6.45, 7) is 6.54. The summed E-state index contributed by atoms with van der Waals surface area (Å²) < 4.78 is 16.0. The fraction of sp³-hybridized carbons (Fsp3) is 1.00. The molecule has 0 radical (unpaired) electrons. The average Bonchev–Trinajstić information content (AvgIpc) is 2.32. The maximum absolute atomic E-state index is 5.68. The molecule has 0 aliphatic carbocycles. The van der Waals surface area contributed by atoms with E-state index in [1.807, 2.05) is 0 Å². The Balaban J connectivity index is 3.58. The molecule has 16 heavy (non-hydrogen) atoms. The Kier molecular flexibility index (Phi) is 11.3. The first-order valence-electron chi connectivity index (χ1n) is 6.37. The van der Waals surface area contributed by atoms with E-state index in [0.29, 0.717) is 19.1 Å². The number of rotatable bonds is 11. The molecule has 0 amide bonds. The lowest BCUT2D eigenvalue weighted by Gasteiger charge is -2.18. The van der Waals surface area contributed by atoms with Crippen molar-refractivity contribution in [2.45, 2.75) is 45.6 Å². The molecule has 3 nitrogen and oxygen atoms in total. The summed E-state index contributed by atoms with van der Waals surface area (Å²) in [6.07, 6.45) is 5.10. The molecule has 0 aromatic carbocycles. The van der Waals surface area contributed by atoms with Gasteiger partial charge in [-0.25, -0.2) is 0 Å². The van der Waals surface area contributed by atoms with Gasteiger partial charge in [0, 0.05) is 20.8 Å². The monoisotopic (exact) mass is 232 g/mol. The van der Waals surface area contributed by atoms with Gasteiger partial charge in [-0.15, -0.1) is 0 Å². The molecule has 0 aromatic heterocycles. The molecule has 3 heteroatoms. The molecule has 0 aliphatic heterocycles. The standard InChI is InChI=1S/C13H28O3/c1-5-7-8-12(6-2)9-16-11-13(15-4)10-14-3/h12-13H,5-11H2,1-4H3. The molecular formula is C13H28O3. The van der Waals surface area contributed by atoms with Gasteiger partial charge >= 0.3 is 0 Å². The minimum absolute atomic E-state index is 0.0636. The van der Waals surface area contributed by atoms with Crippen molar-refractivity contribution in [2.24, 2.45) is 5.92 Å². The molecule has 0 aromatic rings. The van der Waals surface area contributed by atoms with Crippen molar-refractivity contribution in [3.63, 3.8) is 0 Å². The summed E-state index contributed by atoms with van der Waals surface area (Å²) in [4.78, 5) is 0. The molecular weight excluding hydrogens is 204 g/mol. The van der Waals surface area contributed by atoms with Crippen LogP contribution in [0.2, 0.25) is 0 Å². The average molecular weight is 232 g/mol. The van der Waals surface area contributed by atoms with Crippen molar-refractivity contribution in [1.29, 1.82) is 0 Å². The van der Waals surface area contributed by atoms with E-state index in [4.69, 9.17) is 14.2 Å². The zero-order valence-corrected chi connectivity index (χ0v) is 11.3. The van der Waals surface area contributed by atoms with E-state index >= 15 is 0 Å². The number of methoxy groups -OCH3 is 2. The SMILES string of the molecule is CCCCC(CC)COCC(COC)OC. The first-order valence-corrected chi connectivity index (χ1v) is 6.37. The first-order chi connectivity index (χ1) is 7.78. The highest BCUT2D eigenvalue weighted by atomic mass is 16.5. The predicted molar refractivity (Wildman–Crippen MR) is 66.8 cm³/mol. The zero-order valence-electron chi connectivity index (χ0n) is 11.3. The Morgan fingerprint density at radius 3 is 2.25 bits per heavy atom. The molecule has 0 bridgehead atoms. The fourth-order valence-corrected chi connectivity index (χ4v) is 1.63. The Morgan fingerprint density at radius 1 is 1.00 bits per heavy atom. The molecule has 0 aliphatic rings. The Bertz CT molecular complexity index is 139. The Morgan fingerprint density at radius 2 is 1.75 bits per heavy atom. The summed E-state index contributed by atoms with van der Waals surface area (Å²) in [5.74, 6) is 0.694. The van der Waals surface area contributed by atoms with E-state index in [0.717, 1.165) is 6.61 Å². The molecule has 0 heterocycles. The van der Waals surface area contributed by atoms with Gasteiger partial charge in [-0.1, -0.05) is 33.1 Å². The van der Waals surface area contributed by atoms with Gasteiger partial charge in [0.1, 0.15) is 6.10 Å². The lowest BCUT2D eigenvalue weighted by Crippen LogP contribution is -2.25. The maximum Gasteiger partial charge on any atom is 0.104 e. The summed E-state index contributed by atoms with van der Waals surface area (Å²) >= 11 is 0. The largest absolute Gasteiger partial charge is 0.382 e. The van der Waals surface area contributed by atoms with E-state index < -0.39 is 0 Å². The van der Waals surface area contributed by atoms with Crippen LogP contribution in [-0.4, -0.2) is 40.1 Å². The highest BCUT2D eigenvalue weighted by molar-refractivity contribution is 4.58. The number of hydrogen-bond donors (Lipinski definition) is 0. The minimum Gasteiger partial charge on any atom is -0.382 e. The molecule has 2 unspecified atom stereocenters. The van der Waals surface area contributed by atoms with Crippen LogP contribution < -0.4 is 0 Å². The van der Waals surface area contributed by atoms with Crippen LogP contribution in [0.1, 0.15) is 39.5 Å². The van der Waals surface area contributed by atoms with Crippen LogP contribution in [-0.2, 0) is 14.2 Å². The van der Waals surface area contributed by atoms with Crippen LogP contribution >= 0.6 is 0 Å². The lowest BCUT2D eigenvalue weighted by molar-refractivity contribution is -0.0379. The van der Waals surface area contributed by atoms with Gasteiger partial charge in [-0.05, 0) is 12.3 Å². The quantitative estimate of drug-likeness (QED) is 0.548. The highest BCUT2D eigenvalue weighted by Crippen LogP contribution is 2.13. The van der Waals surface area contributed by atoms with Crippen LogP contribution in [0, 0.1) is 5.92 Å². The summed E-state index contributed by atoms with van der Waals surface area (Å²) in [7, 11) is 3.38. The second-order valence-electron chi connectivity index (χ2n) is 4.27. The molecule has 0 fully saturated rings. The van der Waals surface area contributed by atoms with Crippen molar-refractivity contribution < 1.29 is 14.2 Å². The number of ether oxygens (including phenoxy) is 3. The third-order valence-electron chi connectivity index (χ3n) is 2.89. The van der Waals surface area contributed by atoms with E-state index in [9.17, 15) is 0 Å². The molecule has 0 saturated carbocycles. The van der Waals surface area contributed by atoms with Crippen molar-refractivity contribution in [3.05, 3.63) is 0 Å². The van der Waals surface area contributed by atoms with Crippen molar-refractivity contribution in [3.8, 4) is 0 Å². The van der Waals surface area contributed by atoms with Crippen molar-refractivity contribution in [2.75, 3.05) is 34.0 Å². The lowest BCUT2D eigenvalue weighted by atomic mass is 10.0. The summed E-state index contributed by atoms with van der Waals surface area (Å²) in [5.41, 5.74) is 0. The van der Waals surface area contributed by atoms with Crippen LogP contribution in [0.4, 0.5) is 0 Å². The van der Waals surface area contributed by atoms with Crippen molar-refractivity contribution in [1.82, 2.24) is 0 Å². The van der Waals surface area contributed by atoms with Gasteiger partial charge in [-0.2, -0.15) is 0 Å². The molecule has 2 atom stereocenters. The fourth-order valence-electron chi connectivity index (χ4n) is 1.63. The van der Waals surface area contributed by atoms with Gasteiger partial charge in [-0.3, -0.25) is 0 Å². The van der Waals surface area contributed by atoms with Crippen LogP contribution in [0.3, 0.4) is 0 Å². The maximum atomic E-state index is 5.68. The normalized spacial score (nSPS) is 15.0. The zero-order chi connectivity index (χ0) is 12.2. The number of unbranched alkanes of at least 4 members (excludes halogenated alkanes) is 1. The molecule has 0 N–H and O–H groups in total. The molecule has 98 valence electrons. The second-order valence-corrected chi connectivity index (χ2v) is 4.27. The van der Waals surface area contributed by atoms with Crippen LogP contribution in [0.25, 0.3) is 0 Å². The van der Waals surface area contributed by atoms with Gasteiger partial charge in [0.25, 0.3) is 0 Å². The smallest absolute Gasteiger partial charge is 0.104 e. The van der Waals surface area contributed by atoms with E-state index in [2.05, 4.69) is 13.8 Å². The van der Waals surface area contributed by atoms with Crippen LogP contribution in [0.15, 0.2) is 0 Å². The van der Waals surface area contributed by atoms with Crippen molar-refractivity contribution >= 4 is 0 Å².